The lowest BCUT2D eigenvalue weighted by Gasteiger charge is -2.30. The van der Waals surface area contributed by atoms with Crippen molar-refractivity contribution in [2.45, 2.75) is 18.6 Å². The number of furan rings is 1. The Balaban J connectivity index is 3.09. The summed E-state index contributed by atoms with van der Waals surface area (Å²) in [6.07, 6.45) is -2.04. The van der Waals surface area contributed by atoms with Crippen molar-refractivity contribution in [3.05, 3.63) is 24.2 Å². The molecule has 1 N–H and O–H groups in total. The molecule has 13 heavy (non-hydrogen) atoms. The summed E-state index contributed by atoms with van der Waals surface area (Å²) < 4.78 is 42.3. The van der Waals surface area contributed by atoms with E-state index in [1.807, 2.05) is 0 Å². The van der Waals surface area contributed by atoms with Crippen molar-refractivity contribution in [1.82, 2.24) is 5.32 Å². The molecule has 74 valence electrons. The first kappa shape index (κ1) is 10.1. The minimum absolute atomic E-state index is 0.0718. The normalized spacial score (nSPS) is 17.0. The zero-order valence-corrected chi connectivity index (χ0v) is 7.27. The topological polar surface area (TPSA) is 25.2 Å². The summed E-state index contributed by atoms with van der Waals surface area (Å²) >= 11 is 0. The number of rotatable bonds is 2. The van der Waals surface area contributed by atoms with Crippen LogP contribution in [-0.4, -0.2) is 13.2 Å². The molecule has 1 rings (SSSR count). The molecule has 0 aliphatic rings. The predicted octanol–water partition coefficient (Wildman–Crippen LogP) is 2.28. The Morgan fingerprint density at radius 1 is 1.38 bits per heavy atom. The summed E-state index contributed by atoms with van der Waals surface area (Å²) in [5.74, 6) is 0. The van der Waals surface area contributed by atoms with Crippen molar-refractivity contribution in [3.63, 3.8) is 0 Å². The maximum Gasteiger partial charge on any atom is 0.410 e. The summed E-state index contributed by atoms with van der Waals surface area (Å²) in [5.41, 5.74) is -1.97. The van der Waals surface area contributed by atoms with Gasteiger partial charge in [0.25, 0.3) is 0 Å². The van der Waals surface area contributed by atoms with Crippen molar-refractivity contribution in [2.75, 3.05) is 7.05 Å². The van der Waals surface area contributed by atoms with Gasteiger partial charge in [0.05, 0.1) is 12.5 Å². The summed E-state index contributed by atoms with van der Waals surface area (Å²) in [7, 11) is 1.26. The fraction of sp³-hybridized carbons (Fsp3) is 0.500. The van der Waals surface area contributed by atoms with E-state index >= 15 is 0 Å². The van der Waals surface area contributed by atoms with Gasteiger partial charge in [-0.05, 0) is 20.0 Å². The molecule has 0 radical (unpaired) electrons. The molecule has 0 bridgehead atoms. The molecule has 0 aromatic carbocycles. The van der Waals surface area contributed by atoms with E-state index in [0.717, 1.165) is 13.2 Å². The van der Waals surface area contributed by atoms with Gasteiger partial charge in [-0.1, -0.05) is 0 Å². The highest BCUT2D eigenvalue weighted by molar-refractivity contribution is 5.20. The average molecular weight is 193 g/mol. The summed E-state index contributed by atoms with van der Waals surface area (Å²) in [6.45, 7) is 1.07. The molecule has 1 atom stereocenters. The Hall–Kier alpha value is -0.970. The largest absolute Gasteiger partial charge is 0.472 e. The van der Waals surface area contributed by atoms with Crippen LogP contribution in [0.25, 0.3) is 0 Å². The number of halogens is 3. The van der Waals surface area contributed by atoms with Crippen LogP contribution in [-0.2, 0) is 5.54 Å². The van der Waals surface area contributed by atoms with Crippen molar-refractivity contribution >= 4 is 0 Å². The predicted molar refractivity (Wildman–Crippen MR) is 41.2 cm³/mol. The van der Waals surface area contributed by atoms with Crippen LogP contribution in [0, 0.1) is 0 Å². The molecule has 5 heteroatoms. The lowest BCUT2D eigenvalue weighted by molar-refractivity contribution is -0.193. The van der Waals surface area contributed by atoms with Gasteiger partial charge in [0.1, 0.15) is 5.54 Å². The number of nitrogens with one attached hydrogen (secondary N) is 1. The van der Waals surface area contributed by atoms with E-state index < -0.39 is 11.7 Å². The van der Waals surface area contributed by atoms with E-state index in [0.29, 0.717) is 0 Å². The Bertz CT molecular complexity index is 267. The zero-order valence-electron chi connectivity index (χ0n) is 7.27. The quantitative estimate of drug-likeness (QED) is 0.779. The van der Waals surface area contributed by atoms with Gasteiger partial charge in [-0.3, -0.25) is 0 Å². The molecule has 1 heterocycles. The van der Waals surface area contributed by atoms with Crippen LogP contribution in [0.3, 0.4) is 0 Å². The minimum Gasteiger partial charge on any atom is -0.472 e. The van der Waals surface area contributed by atoms with Crippen LogP contribution in [0.2, 0.25) is 0 Å². The maximum absolute atomic E-state index is 12.6. The van der Waals surface area contributed by atoms with Crippen LogP contribution in [0.1, 0.15) is 12.5 Å². The smallest absolute Gasteiger partial charge is 0.410 e. The van der Waals surface area contributed by atoms with Gasteiger partial charge in [0.15, 0.2) is 0 Å². The van der Waals surface area contributed by atoms with E-state index in [-0.39, 0.29) is 5.56 Å². The Morgan fingerprint density at radius 3 is 2.31 bits per heavy atom. The third-order valence-corrected chi connectivity index (χ3v) is 2.17. The molecular weight excluding hydrogens is 183 g/mol. The molecule has 0 aliphatic carbocycles. The summed E-state index contributed by atoms with van der Waals surface area (Å²) in [5, 5.41) is 2.24. The van der Waals surface area contributed by atoms with Crippen LogP contribution in [0.4, 0.5) is 13.2 Å². The molecule has 0 saturated heterocycles. The molecule has 0 spiro atoms. The average Bonchev–Trinajstić information content (AvgIpc) is 2.52. The lowest BCUT2D eigenvalue weighted by Crippen LogP contribution is -2.49. The standard InChI is InChI=1S/C8H10F3NO/c1-7(12-2,8(9,10)11)6-3-4-13-5-6/h3-5,12H,1-2H3. The molecule has 0 amide bonds. The second kappa shape index (κ2) is 3.06. The Kier molecular flexibility index (Phi) is 2.38. The molecule has 0 aliphatic heterocycles. The van der Waals surface area contributed by atoms with Crippen molar-refractivity contribution in [2.24, 2.45) is 0 Å². The zero-order chi connectivity index (χ0) is 10.1. The highest BCUT2D eigenvalue weighted by atomic mass is 19.4. The SMILES string of the molecule is CNC(C)(c1ccoc1)C(F)(F)F. The van der Waals surface area contributed by atoms with Gasteiger partial charge < -0.3 is 9.73 Å². The first-order valence-electron chi connectivity index (χ1n) is 3.70. The van der Waals surface area contributed by atoms with Gasteiger partial charge in [0, 0.05) is 5.56 Å². The Morgan fingerprint density at radius 2 is 2.00 bits per heavy atom. The monoisotopic (exact) mass is 193 g/mol. The number of hydrogen-bond donors (Lipinski definition) is 1. The Labute approximate surface area is 73.7 Å². The van der Waals surface area contributed by atoms with Crippen LogP contribution in [0.5, 0.6) is 0 Å². The third-order valence-electron chi connectivity index (χ3n) is 2.17. The molecule has 2 nitrogen and oxygen atoms in total. The molecule has 0 fully saturated rings. The van der Waals surface area contributed by atoms with E-state index in [1.165, 1.54) is 19.4 Å². The fourth-order valence-electron chi connectivity index (χ4n) is 0.999. The van der Waals surface area contributed by atoms with Gasteiger partial charge >= 0.3 is 6.18 Å². The van der Waals surface area contributed by atoms with E-state index in [4.69, 9.17) is 0 Å². The van der Waals surface area contributed by atoms with Crippen LogP contribution in [0.15, 0.2) is 23.0 Å². The summed E-state index contributed by atoms with van der Waals surface area (Å²) in [6, 6.07) is 1.30. The molecular formula is C8H10F3NO. The van der Waals surface area contributed by atoms with Gasteiger partial charge in [-0.25, -0.2) is 0 Å². The fourth-order valence-corrected chi connectivity index (χ4v) is 0.999. The molecule has 0 saturated carbocycles. The van der Waals surface area contributed by atoms with Crippen LogP contribution < -0.4 is 5.32 Å². The van der Waals surface area contributed by atoms with Crippen molar-refractivity contribution in [3.8, 4) is 0 Å². The lowest BCUT2D eigenvalue weighted by atomic mass is 9.94. The van der Waals surface area contributed by atoms with Gasteiger partial charge in [0.2, 0.25) is 0 Å². The van der Waals surface area contributed by atoms with Crippen molar-refractivity contribution < 1.29 is 17.6 Å². The third kappa shape index (κ3) is 1.56. The van der Waals surface area contributed by atoms with Crippen LogP contribution >= 0.6 is 0 Å². The molecule has 1 unspecified atom stereocenters. The number of alkyl halides is 3. The first-order valence-corrected chi connectivity index (χ1v) is 3.70. The highest BCUT2D eigenvalue weighted by Gasteiger charge is 2.51. The van der Waals surface area contributed by atoms with E-state index in [9.17, 15) is 13.2 Å². The summed E-state index contributed by atoms with van der Waals surface area (Å²) in [4.78, 5) is 0. The first-order chi connectivity index (χ1) is 5.92. The van der Waals surface area contributed by atoms with Gasteiger partial charge in [-0.15, -0.1) is 0 Å². The second-order valence-electron chi connectivity index (χ2n) is 2.88. The number of hydrogen-bond acceptors (Lipinski definition) is 2. The van der Waals surface area contributed by atoms with E-state index in [2.05, 4.69) is 9.73 Å². The van der Waals surface area contributed by atoms with E-state index in [1.54, 1.807) is 0 Å². The van der Waals surface area contributed by atoms with Crippen molar-refractivity contribution in [1.29, 1.82) is 0 Å². The molecule has 1 aromatic heterocycles. The highest BCUT2D eigenvalue weighted by Crippen LogP contribution is 2.38. The maximum atomic E-state index is 12.6. The minimum atomic E-state index is -4.34. The molecule has 1 aromatic rings. The van der Waals surface area contributed by atoms with Gasteiger partial charge in [-0.2, -0.15) is 13.2 Å². The second-order valence-corrected chi connectivity index (χ2v) is 2.88.